The van der Waals surface area contributed by atoms with Gasteiger partial charge in [-0.05, 0) is 70.7 Å². The molecule has 2 aromatic carbocycles. The van der Waals surface area contributed by atoms with E-state index >= 15 is 0 Å². The third kappa shape index (κ3) is 4.33. The first kappa shape index (κ1) is 25.9. The lowest BCUT2D eigenvalue weighted by atomic mass is 9.85. The van der Waals surface area contributed by atoms with Crippen molar-refractivity contribution < 1.29 is 30.8 Å². The van der Waals surface area contributed by atoms with E-state index in [1.807, 2.05) is 0 Å². The van der Waals surface area contributed by atoms with Crippen LogP contribution >= 0.6 is 35.0 Å². The molecule has 0 radical (unpaired) electrons. The summed E-state index contributed by atoms with van der Waals surface area (Å²) in [5.41, 5.74) is 2.89. The summed E-state index contributed by atoms with van der Waals surface area (Å²) in [7, 11) is -3.10. The highest BCUT2D eigenvalue weighted by atomic mass is 35.5. The summed E-state index contributed by atoms with van der Waals surface area (Å²) in [6, 6.07) is 4.75. The second kappa shape index (κ2) is 8.92. The normalized spacial score (nSPS) is 23.2. The number of carbonyl (C=O) groups excluding carboxylic acids is 1. The molecule has 0 saturated carbocycles. The van der Waals surface area contributed by atoms with Crippen molar-refractivity contribution in [2.45, 2.75) is 42.6 Å². The van der Waals surface area contributed by atoms with Gasteiger partial charge in [-0.3, -0.25) is 4.79 Å². The summed E-state index contributed by atoms with van der Waals surface area (Å²) in [6.45, 7) is 0. The van der Waals surface area contributed by atoms with E-state index in [9.17, 15) is 30.8 Å². The molecule has 1 aliphatic carbocycles. The van der Waals surface area contributed by atoms with E-state index in [0.29, 0.717) is 41.3 Å². The maximum absolute atomic E-state index is 14.5. The van der Waals surface area contributed by atoms with Crippen LogP contribution in [0.2, 0.25) is 10.0 Å². The van der Waals surface area contributed by atoms with Crippen molar-refractivity contribution in [1.82, 2.24) is 5.32 Å². The molecule has 3 aliphatic rings. The molecule has 1 unspecified atom stereocenters. The molecule has 1 saturated heterocycles. The highest BCUT2D eigenvalue weighted by molar-refractivity contribution is 8.03. The van der Waals surface area contributed by atoms with Crippen LogP contribution in [-0.4, -0.2) is 38.0 Å². The van der Waals surface area contributed by atoms with Crippen molar-refractivity contribution in [3.05, 3.63) is 73.4 Å². The Kier molecular flexibility index (Phi) is 6.42. The Labute approximate surface area is 219 Å². The van der Waals surface area contributed by atoms with Crippen LogP contribution in [-0.2, 0) is 27.4 Å². The van der Waals surface area contributed by atoms with Crippen molar-refractivity contribution in [1.29, 1.82) is 0 Å². The van der Waals surface area contributed by atoms with Gasteiger partial charge in [-0.2, -0.15) is 13.2 Å². The SMILES string of the molecule is O=C(NC1CS(=O)(=O)C1)c1ccc(C2=CSC(c3cc(Cl)c(F)c(Cl)c3)(C(F)(F)F)C2)c2c1CCC2. The zero-order chi connectivity index (χ0) is 26.0. The molecule has 2 aromatic rings. The second-order valence-electron chi connectivity index (χ2n) is 9.23. The minimum atomic E-state index is -4.69. The molecule has 5 rings (SSSR count). The fourth-order valence-corrected chi connectivity index (χ4v) is 8.06. The number of allylic oxidation sites excluding steroid dienone is 1. The molecule has 1 fully saturated rings. The summed E-state index contributed by atoms with van der Waals surface area (Å²) >= 11 is 12.2. The standard InChI is InChI=1S/C24H19Cl2F4NO3S2/c25-19-6-13(7-20(26)21(19)27)23(24(28,29)30)8-12(9-35-23)15-4-5-18(17-3-1-2-16(15)17)22(32)31-14-10-36(33,34)11-14/h4-7,9,14H,1-3,8,10-11H2,(H,31,32). The third-order valence-corrected chi connectivity index (χ3v) is 10.7. The number of hydrogen-bond acceptors (Lipinski definition) is 4. The molecular weight excluding hydrogens is 561 g/mol. The van der Waals surface area contributed by atoms with Crippen LogP contribution in [0.15, 0.2) is 29.7 Å². The molecule has 0 bridgehead atoms. The quantitative estimate of drug-likeness (QED) is 0.352. The van der Waals surface area contributed by atoms with E-state index in [2.05, 4.69) is 5.32 Å². The van der Waals surface area contributed by atoms with Gasteiger partial charge >= 0.3 is 6.18 Å². The van der Waals surface area contributed by atoms with Crippen LogP contribution in [0, 0.1) is 5.82 Å². The predicted octanol–water partition coefficient (Wildman–Crippen LogP) is 6.08. The minimum Gasteiger partial charge on any atom is -0.347 e. The number of sulfone groups is 1. The van der Waals surface area contributed by atoms with Gasteiger partial charge in [0.25, 0.3) is 5.91 Å². The molecule has 36 heavy (non-hydrogen) atoms. The third-order valence-electron chi connectivity index (χ3n) is 6.87. The summed E-state index contributed by atoms with van der Waals surface area (Å²) in [5.74, 6) is -1.54. The first-order valence-electron chi connectivity index (χ1n) is 11.1. The van der Waals surface area contributed by atoms with Crippen LogP contribution in [0.3, 0.4) is 0 Å². The van der Waals surface area contributed by atoms with Crippen LogP contribution in [0.4, 0.5) is 17.6 Å². The molecule has 4 nitrogen and oxygen atoms in total. The fourth-order valence-electron chi connectivity index (χ4n) is 5.10. The first-order valence-corrected chi connectivity index (χ1v) is 14.5. The summed E-state index contributed by atoms with van der Waals surface area (Å²) in [6.07, 6.45) is -3.13. The van der Waals surface area contributed by atoms with Gasteiger partial charge in [0, 0.05) is 12.0 Å². The van der Waals surface area contributed by atoms with Gasteiger partial charge in [0.1, 0.15) is 4.75 Å². The minimum absolute atomic E-state index is 0.0972. The Morgan fingerprint density at radius 1 is 1.08 bits per heavy atom. The molecule has 12 heteroatoms. The summed E-state index contributed by atoms with van der Waals surface area (Å²) < 4.78 is 77.8. The Morgan fingerprint density at radius 2 is 1.72 bits per heavy atom. The van der Waals surface area contributed by atoms with E-state index in [-0.39, 0.29) is 23.0 Å². The lowest BCUT2D eigenvalue weighted by Crippen LogP contribution is -2.53. The topological polar surface area (TPSA) is 63.2 Å². The van der Waals surface area contributed by atoms with Gasteiger partial charge in [-0.1, -0.05) is 29.3 Å². The number of halogens is 6. The number of alkyl halides is 3. The van der Waals surface area contributed by atoms with Crippen LogP contribution in [0.1, 0.15) is 45.5 Å². The molecular formula is C24H19Cl2F4NO3S2. The monoisotopic (exact) mass is 579 g/mol. The highest BCUT2D eigenvalue weighted by Crippen LogP contribution is 2.60. The number of carbonyl (C=O) groups is 1. The van der Waals surface area contributed by atoms with E-state index in [4.69, 9.17) is 23.2 Å². The first-order chi connectivity index (χ1) is 16.8. The predicted molar refractivity (Wildman–Crippen MR) is 133 cm³/mol. The fraction of sp³-hybridized carbons (Fsp3) is 0.375. The molecule has 2 aliphatic heterocycles. The molecule has 1 atom stereocenters. The summed E-state index contributed by atoms with van der Waals surface area (Å²) in [5, 5.41) is 3.24. The Bertz CT molecular complexity index is 1390. The lowest BCUT2D eigenvalue weighted by molar-refractivity contribution is -0.160. The van der Waals surface area contributed by atoms with E-state index < -0.39 is 49.1 Å². The number of fused-ring (bicyclic) bond motifs is 1. The number of nitrogens with one attached hydrogen (secondary N) is 1. The molecule has 2 heterocycles. The summed E-state index contributed by atoms with van der Waals surface area (Å²) in [4.78, 5) is 12.8. The number of benzene rings is 2. The average Bonchev–Trinajstić information content (AvgIpc) is 3.43. The number of rotatable bonds is 4. The molecule has 1 amide bonds. The van der Waals surface area contributed by atoms with Crippen molar-refractivity contribution in [3.63, 3.8) is 0 Å². The maximum Gasteiger partial charge on any atom is 0.407 e. The van der Waals surface area contributed by atoms with Crippen LogP contribution in [0.25, 0.3) is 5.57 Å². The molecule has 1 N–H and O–H groups in total. The van der Waals surface area contributed by atoms with Gasteiger partial charge < -0.3 is 5.32 Å². The van der Waals surface area contributed by atoms with Crippen molar-refractivity contribution in [2.24, 2.45) is 0 Å². The van der Waals surface area contributed by atoms with Crippen molar-refractivity contribution in [2.75, 3.05) is 11.5 Å². The number of amides is 1. The van der Waals surface area contributed by atoms with Gasteiger partial charge in [0.05, 0.1) is 27.6 Å². The van der Waals surface area contributed by atoms with Gasteiger partial charge in [-0.15, -0.1) is 11.8 Å². The van der Waals surface area contributed by atoms with E-state index in [1.165, 1.54) is 5.41 Å². The molecule has 0 aromatic heterocycles. The Balaban J connectivity index is 1.47. The average molecular weight is 580 g/mol. The Hall–Kier alpha value is -1.75. The van der Waals surface area contributed by atoms with Gasteiger partial charge in [0.15, 0.2) is 15.7 Å². The van der Waals surface area contributed by atoms with Gasteiger partial charge in [0.2, 0.25) is 0 Å². The van der Waals surface area contributed by atoms with Crippen molar-refractivity contribution in [3.8, 4) is 0 Å². The van der Waals surface area contributed by atoms with Gasteiger partial charge in [-0.25, -0.2) is 12.8 Å². The smallest absolute Gasteiger partial charge is 0.347 e. The molecule has 0 spiro atoms. The zero-order valence-electron chi connectivity index (χ0n) is 18.5. The maximum atomic E-state index is 14.5. The second-order valence-corrected chi connectivity index (χ2v) is 13.4. The van der Waals surface area contributed by atoms with Crippen molar-refractivity contribution >= 4 is 56.3 Å². The van der Waals surface area contributed by atoms with Crippen LogP contribution < -0.4 is 5.32 Å². The van der Waals surface area contributed by atoms with Crippen LogP contribution in [0.5, 0.6) is 0 Å². The largest absolute Gasteiger partial charge is 0.407 e. The highest BCUT2D eigenvalue weighted by Gasteiger charge is 2.59. The number of thioether (sulfide) groups is 1. The van der Waals surface area contributed by atoms with E-state index in [0.717, 1.165) is 29.7 Å². The Morgan fingerprint density at radius 3 is 2.33 bits per heavy atom. The zero-order valence-corrected chi connectivity index (χ0v) is 21.7. The van der Waals surface area contributed by atoms with E-state index in [1.54, 1.807) is 12.1 Å². The number of hydrogen-bond donors (Lipinski definition) is 1. The lowest BCUT2D eigenvalue weighted by Gasteiger charge is -2.32. The molecule has 192 valence electrons.